The highest BCUT2D eigenvalue weighted by Crippen LogP contribution is 2.26. The minimum Gasteiger partial charge on any atom is -0.306 e. The molecule has 0 unspecified atom stereocenters. The van der Waals surface area contributed by atoms with Crippen LogP contribution in [-0.4, -0.2) is 10.9 Å². The van der Waals surface area contributed by atoms with Crippen molar-refractivity contribution in [2.24, 2.45) is 0 Å². The van der Waals surface area contributed by atoms with Crippen molar-refractivity contribution < 1.29 is 4.79 Å². The molecule has 23 heavy (non-hydrogen) atoms. The number of carbonyl (C=O) groups is 1. The van der Waals surface area contributed by atoms with Gasteiger partial charge in [-0.15, -0.1) is 11.3 Å². The second kappa shape index (κ2) is 8.42. The van der Waals surface area contributed by atoms with E-state index in [0.717, 1.165) is 24.3 Å². The van der Waals surface area contributed by atoms with E-state index in [0.29, 0.717) is 10.7 Å². The van der Waals surface area contributed by atoms with Crippen molar-refractivity contribution in [1.29, 1.82) is 5.26 Å². The number of aromatic nitrogens is 1. The van der Waals surface area contributed by atoms with Crippen molar-refractivity contribution in [3.63, 3.8) is 0 Å². The van der Waals surface area contributed by atoms with Gasteiger partial charge in [-0.3, -0.25) is 4.79 Å². The fourth-order valence-corrected chi connectivity index (χ4v) is 3.02. The van der Waals surface area contributed by atoms with Crippen molar-refractivity contribution in [1.82, 2.24) is 10.3 Å². The molecule has 1 aromatic heterocycles. The first-order chi connectivity index (χ1) is 11.2. The van der Waals surface area contributed by atoms with Gasteiger partial charge in [-0.05, 0) is 17.7 Å². The third-order valence-electron chi connectivity index (χ3n) is 3.05. The Kier molecular flexibility index (Phi) is 6.27. The zero-order valence-electron chi connectivity index (χ0n) is 13.3. The number of rotatable bonds is 3. The molecule has 0 atom stereocenters. The van der Waals surface area contributed by atoms with Gasteiger partial charge in [0.15, 0.2) is 5.13 Å². The Morgan fingerprint density at radius 1 is 1.35 bits per heavy atom. The van der Waals surface area contributed by atoms with Gasteiger partial charge in [-0.2, -0.15) is 5.26 Å². The summed E-state index contributed by atoms with van der Waals surface area (Å²) in [5.41, 5.74) is 2.51. The van der Waals surface area contributed by atoms with E-state index in [1.807, 2.05) is 0 Å². The predicted molar refractivity (Wildman–Crippen MR) is 92.1 cm³/mol. The summed E-state index contributed by atoms with van der Waals surface area (Å²) in [5, 5.41) is 15.4. The summed E-state index contributed by atoms with van der Waals surface area (Å²) in [5.74, 6) is -0.0879. The van der Waals surface area contributed by atoms with Crippen molar-refractivity contribution in [2.75, 3.05) is 5.32 Å². The molecule has 0 radical (unpaired) electrons. The molecule has 3 rings (SSSR count). The average Bonchev–Trinajstić information content (AvgIpc) is 3.10. The molecule has 0 spiro atoms. The van der Waals surface area contributed by atoms with Crippen LogP contribution in [0.5, 0.6) is 0 Å². The van der Waals surface area contributed by atoms with Gasteiger partial charge >= 0.3 is 0 Å². The maximum absolute atomic E-state index is 11.9. The number of amides is 1. The first kappa shape index (κ1) is 17.1. The summed E-state index contributed by atoms with van der Waals surface area (Å²) in [6.07, 6.45) is 1.54. The molecule has 1 aliphatic rings. The number of benzene rings is 1. The number of nitrogens with zero attached hydrogens (tertiary/aromatic N) is 2. The summed E-state index contributed by atoms with van der Waals surface area (Å²) in [6.45, 7) is 5.86. The monoisotopic (exact) mass is 328 g/mol. The molecule has 1 amide bonds. The molecule has 5 nitrogen and oxygen atoms in total. The summed E-state index contributed by atoms with van der Waals surface area (Å²) in [6, 6.07) is 9.07. The van der Waals surface area contributed by atoms with E-state index >= 15 is 0 Å². The molecule has 0 saturated carbocycles. The maximum Gasteiger partial charge on any atom is 0.230 e. The lowest BCUT2D eigenvalue weighted by molar-refractivity contribution is -0.115. The van der Waals surface area contributed by atoms with Gasteiger partial charge in [0, 0.05) is 18.0 Å². The molecule has 0 aliphatic carbocycles. The van der Waals surface area contributed by atoms with Gasteiger partial charge in [0.2, 0.25) is 5.91 Å². The summed E-state index contributed by atoms with van der Waals surface area (Å²) in [7, 11) is 0. The molecule has 6 heteroatoms. The number of nitrogens with one attached hydrogen (secondary N) is 2. The van der Waals surface area contributed by atoms with Gasteiger partial charge in [-0.25, -0.2) is 4.98 Å². The Balaban J connectivity index is 0.000000595. The number of anilines is 1. The molecule has 0 fully saturated rings. The van der Waals surface area contributed by atoms with Gasteiger partial charge in [0.1, 0.15) is 0 Å². The van der Waals surface area contributed by atoms with Gasteiger partial charge < -0.3 is 10.6 Å². The summed E-state index contributed by atoms with van der Waals surface area (Å²) < 4.78 is 0. The second-order valence-corrected chi connectivity index (χ2v) is 6.32. The Labute approximate surface area is 140 Å². The molecule has 2 heterocycles. The lowest BCUT2D eigenvalue weighted by Gasteiger charge is -2.02. The van der Waals surface area contributed by atoms with Crippen LogP contribution >= 0.6 is 11.3 Å². The van der Waals surface area contributed by atoms with E-state index in [9.17, 15) is 4.79 Å². The minimum absolute atomic E-state index is 0.0879. The first-order valence-corrected chi connectivity index (χ1v) is 8.46. The molecule has 0 bridgehead atoms. The fraction of sp³-hybridized carbons (Fsp3) is 0.353. The van der Waals surface area contributed by atoms with Crippen LogP contribution in [0.1, 0.15) is 42.0 Å². The van der Waals surface area contributed by atoms with Gasteiger partial charge in [0.25, 0.3) is 0 Å². The quantitative estimate of drug-likeness (QED) is 0.907. The van der Waals surface area contributed by atoms with Crippen LogP contribution in [0, 0.1) is 11.3 Å². The highest BCUT2D eigenvalue weighted by Gasteiger charge is 2.17. The Morgan fingerprint density at radius 2 is 2.04 bits per heavy atom. The smallest absolute Gasteiger partial charge is 0.230 e. The highest BCUT2D eigenvalue weighted by molar-refractivity contribution is 7.15. The van der Waals surface area contributed by atoms with Crippen molar-refractivity contribution in [3.05, 3.63) is 46.0 Å². The lowest BCUT2D eigenvalue weighted by atomic mass is 10.1. The minimum atomic E-state index is -0.0879. The SMILES string of the molecule is CCC.N#Cc1ccc(CC(=O)Nc2nc3c(s2)CNC3)cc1. The molecule has 0 saturated heterocycles. The number of thiazole rings is 1. The largest absolute Gasteiger partial charge is 0.306 e. The van der Waals surface area contributed by atoms with Gasteiger partial charge in [0.05, 0.1) is 23.7 Å². The van der Waals surface area contributed by atoms with E-state index < -0.39 is 0 Å². The molecule has 2 aromatic rings. The van der Waals surface area contributed by atoms with E-state index in [-0.39, 0.29) is 12.3 Å². The second-order valence-electron chi connectivity index (χ2n) is 5.23. The third kappa shape index (κ3) is 4.88. The lowest BCUT2D eigenvalue weighted by Crippen LogP contribution is -2.14. The highest BCUT2D eigenvalue weighted by atomic mass is 32.1. The number of carbonyl (C=O) groups excluding carboxylic acids is 1. The van der Waals surface area contributed by atoms with Gasteiger partial charge in [-0.1, -0.05) is 32.4 Å². The van der Waals surface area contributed by atoms with E-state index in [2.05, 4.69) is 35.5 Å². The number of fused-ring (bicyclic) bond motifs is 1. The zero-order chi connectivity index (χ0) is 16.7. The van der Waals surface area contributed by atoms with Crippen molar-refractivity contribution in [3.8, 4) is 6.07 Å². The third-order valence-corrected chi connectivity index (χ3v) is 4.06. The van der Waals surface area contributed by atoms with Crippen LogP contribution in [0.3, 0.4) is 0 Å². The molecular weight excluding hydrogens is 308 g/mol. The Hall–Kier alpha value is -2.23. The van der Waals surface area contributed by atoms with E-state index in [1.54, 1.807) is 24.3 Å². The molecular formula is C17H20N4OS. The predicted octanol–water partition coefficient (Wildman–Crippen LogP) is 3.22. The molecule has 120 valence electrons. The first-order valence-electron chi connectivity index (χ1n) is 7.64. The van der Waals surface area contributed by atoms with Crippen molar-refractivity contribution in [2.45, 2.75) is 39.8 Å². The summed E-state index contributed by atoms with van der Waals surface area (Å²) >= 11 is 1.52. The molecule has 2 N–H and O–H groups in total. The zero-order valence-corrected chi connectivity index (χ0v) is 14.2. The van der Waals surface area contributed by atoms with Crippen LogP contribution in [-0.2, 0) is 24.3 Å². The number of hydrogen-bond acceptors (Lipinski definition) is 5. The van der Waals surface area contributed by atoms with Crippen LogP contribution in [0.2, 0.25) is 0 Å². The standard InChI is InChI=1S/C14H12N4OS.C3H8/c15-6-10-3-1-9(2-4-10)5-13(19)18-14-17-11-7-16-8-12(11)20-14;1-3-2/h1-4,16H,5,7-8H2,(H,17,18,19);3H2,1-2H3. The fourth-order valence-electron chi connectivity index (χ4n) is 2.05. The summed E-state index contributed by atoms with van der Waals surface area (Å²) in [4.78, 5) is 17.5. The topological polar surface area (TPSA) is 77.8 Å². The van der Waals surface area contributed by atoms with E-state index in [1.165, 1.54) is 22.6 Å². The van der Waals surface area contributed by atoms with Crippen LogP contribution in [0.4, 0.5) is 5.13 Å². The normalized spacial score (nSPS) is 11.9. The van der Waals surface area contributed by atoms with Crippen molar-refractivity contribution >= 4 is 22.4 Å². The van der Waals surface area contributed by atoms with Crippen LogP contribution < -0.4 is 10.6 Å². The van der Waals surface area contributed by atoms with E-state index in [4.69, 9.17) is 5.26 Å². The number of nitriles is 1. The van der Waals surface area contributed by atoms with Crippen LogP contribution in [0.25, 0.3) is 0 Å². The average molecular weight is 328 g/mol. The molecule has 1 aromatic carbocycles. The maximum atomic E-state index is 11.9. The number of hydrogen-bond donors (Lipinski definition) is 2. The Bertz CT molecular complexity index is 679. The van der Waals surface area contributed by atoms with Crippen LogP contribution in [0.15, 0.2) is 24.3 Å². The Morgan fingerprint density at radius 3 is 2.65 bits per heavy atom. The molecule has 1 aliphatic heterocycles.